The molecule has 1 aliphatic rings. The molecule has 0 unspecified atom stereocenters. The topological polar surface area (TPSA) is 74.8 Å². The van der Waals surface area contributed by atoms with Gasteiger partial charge >= 0.3 is 0 Å². The molecule has 21 heavy (non-hydrogen) atoms. The van der Waals surface area contributed by atoms with Gasteiger partial charge in [0, 0.05) is 17.8 Å². The summed E-state index contributed by atoms with van der Waals surface area (Å²) in [4.78, 5) is 30.2. The van der Waals surface area contributed by atoms with Crippen molar-refractivity contribution in [2.75, 3.05) is 5.75 Å². The van der Waals surface area contributed by atoms with E-state index in [0.717, 1.165) is 6.42 Å². The first-order valence-corrected chi connectivity index (χ1v) is 8.44. The fourth-order valence-electron chi connectivity index (χ4n) is 2.79. The van der Waals surface area contributed by atoms with Gasteiger partial charge in [-0.05, 0) is 25.2 Å². The van der Waals surface area contributed by atoms with Crippen LogP contribution >= 0.6 is 11.8 Å². The molecule has 1 amide bonds. The summed E-state index contributed by atoms with van der Waals surface area (Å²) in [6, 6.07) is 1.71. The van der Waals surface area contributed by atoms with Crippen LogP contribution in [-0.4, -0.2) is 27.7 Å². The van der Waals surface area contributed by atoms with Crippen LogP contribution in [0.2, 0.25) is 0 Å². The van der Waals surface area contributed by atoms with Gasteiger partial charge in [0.25, 0.3) is 5.56 Å². The normalized spacial score (nSPS) is 25.6. The quantitative estimate of drug-likeness (QED) is 0.660. The predicted molar refractivity (Wildman–Crippen MR) is 84.4 cm³/mol. The van der Waals surface area contributed by atoms with E-state index in [1.807, 2.05) is 0 Å². The number of nitrogens with one attached hydrogen (secondary N) is 2. The fraction of sp³-hybridized carbons (Fsp3) is 0.667. The molecule has 0 aromatic carbocycles. The monoisotopic (exact) mass is 309 g/mol. The smallest absolute Gasteiger partial charge is 0.251 e. The number of nitrogens with zero attached hydrogens (tertiary/aromatic N) is 1. The Hall–Kier alpha value is -1.30. The third-order valence-corrected chi connectivity index (χ3v) is 5.11. The zero-order chi connectivity index (χ0) is 15.4. The minimum atomic E-state index is -0.180. The Morgan fingerprint density at radius 3 is 2.95 bits per heavy atom. The van der Waals surface area contributed by atoms with Crippen molar-refractivity contribution < 1.29 is 4.79 Å². The van der Waals surface area contributed by atoms with Crippen molar-refractivity contribution in [3.8, 4) is 0 Å². The highest BCUT2D eigenvalue weighted by Crippen LogP contribution is 2.29. The van der Waals surface area contributed by atoms with Crippen LogP contribution < -0.4 is 10.9 Å². The SMILES string of the molecule is Cc1cc(=O)[nH]c(SCC(=O)N[C@H]2CCC[C@H](C)[C@@H]2C)n1. The summed E-state index contributed by atoms with van der Waals surface area (Å²) in [5, 5.41) is 3.62. The van der Waals surface area contributed by atoms with E-state index in [1.165, 1.54) is 30.7 Å². The lowest BCUT2D eigenvalue weighted by Crippen LogP contribution is -2.44. The molecule has 1 aromatic rings. The number of carbonyl (C=O) groups excluding carboxylic acids is 1. The Bertz CT molecular complexity index is 558. The number of amides is 1. The zero-order valence-electron chi connectivity index (χ0n) is 12.8. The molecule has 1 aliphatic carbocycles. The van der Waals surface area contributed by atoms with Crippen molar-refractivity contribution in [2.45, 2.75) is 51.2 Å². The van der Waals surface area contributed by atoms with E-state index >= 15 is 0 Å². The van der Waals surface area contributed by atoms with Gasteiger partial charge in [-0.3, -0.25) is 9.59 Å². The van der Waals surface area contributed by atoms with E-state index in [0.29, 0.717) is 22.7 Å². The molecule has 0 spiro atoms. The standard InChI is InChI=1S/C15H23N3O2S/c1-9-5-4-6-12(11(9)3)17-14(20)8-21-15-16-10(2)7-13(19)18-15/h7,9,11-12H,4-6,8H2,1-3H3,(H,17,20)(H,16,18,19)/t9-,11-,12-/m0/s1. The molecular weight excluding hydrogens is 286 g/mol. The third-order valence-electron chi connectivity index (χ3n) is 4.24. The van der Waals surface area contributed by atoms with Crippen LogP contribution in [0.3, 0.4) is 0 Å². The van der Waals surface area contributed by atoms with Crippen molar-refractivity contribution in [3.63, 3.8) is 0 Å². The number of aryl methyl sites for hydroxylation is 1. The van der Waals surface area contributed by atoms with Crippen LogP contribution in [-0.2, 0) is 4.79 Å². The number of aromatic nitrogens is 2. The molecule has 1 aromatic heterocycles. The summed E-state index contributed by atoms with van der Waals surface area (Å²) < 4.78 is 0. The largest absolute Gasteiger partial charge is 0.352 e. The molecule has 6 heteroatoms. The van der Waals surface area contributed by atoms with E-state index in [1.54, 1.807) is 6.92 Å². The van der Waals surface area contributed by atoms with Gasteiger partial charge in [-0.2, -0.15) is 0 Å². The molecule has 2 rings (SSSR count). The molecule has 0 saturated heterocycles. The number of rotatable bonds is 4. The highest BCUT2D eigenvalue weighted by atomic mass is 32.2. The van der Waals surface area contributed by atoms with E-state index < -0.39 is 0 Å². The highest BCUT2D eigenvalue weighted by molar-refractivity contribution is 7.99. The number of H-pyrrole nitrogens is 1. The Labute approximate surface area is 129 Å². The first kappa shape index (κ1) is 16.1. The summed E-state index contributed by atoms with van der Waals surface area (Å²) in [5.41, 5.74) is 0.483. The molecule has 1 heterocycles. The molecule has 0 radical (unpaired) electrons. The van der Waals surface area contributed by atoms with Gasteiger partial charge in [0.1, 0.15) is 0 Å². The summed E-state index contributed by atoms with van der Waals surface area (Å²) in [7, 11) is 0. The summed E-state index contributed by atoms with van der Waals surface area (Å²) in [5.74, 6) is 1.47. The Morgan fingerprint density at radius 1 is 1.48 bits per heavy atom. The van der Waals surface area contributed by atoms with Gasteiger partial charge in [0.15, 0.2) is 5.16 Å². The van der Waals surface area contributed by atoms with Gasteiger partial charge in [-0.25, -0.2) is 4.98 Å². The number of hydrogen-bond acceptors (Lipinski definition) is 4. The molecule has 5 nitrogen and oxygen atoms in total. The predicted octanol–water partition coefficient (Wildman–Crippen LogP) is 2.11. The molecule has 0 aliphatic heterocycles. The average molecular weight is 309 g/mol. The first-order chi connectivity index (χ1) is 9.95. The Kier molecular flexibility index (Phi) is 5.45. The molecule has 0 bridgehead atoms. The van der Waals surface area contributed by atoms with E-state index in [-0.39, 0.29) is 23.3 Å². The second-order valence-corrected chi connectivity index (χ2v) is 6.89. The lowest BCUT2D eigenvalue weighted by atomic mass is 9.78. The van der Waals surface area contributed by atoms with Crippen LogP contribution in [0.4, 0.5) is 0 Å². The molecular formula is C15H23N3O2S. The zero-order valence-corrected chi connectivity index (χ0v) is 13.6. The maximum atomic E-state index is 12.1. The second-order valence-electron chi connectivity index (χ2n) is 5.92. The maximum Gasteiger partial charge on any atom is 0.251 e. The molecule has 1 fully saturated rings. The van der Waals surface area contributed by atoms with Gasteiger partial charge < -0.3 is 10.3 Å². The number of thioether (sulfide) groups is 1. The lowest BCUT2D eigenvalue weighted by molar-refractivity contribution is -0.120. The fourth-order valence-corrected chi connectivity index (χ4v) is 3.52. The number of aromatic amines is 1. The highest BCUT2D eigenvalue weighted by Gasteiger charge is 2.27. The van der Waals surface area contributed by atoms with Gasteiger partial charge in [0.2, 0.25) is 5.91 Å². The summed E-state index contributed by atoms with van der Waals surface area (Å²) in [6.45, 7) is 6.23. The van der Waals surface area contributed by atoms with Crippen molar-refractivity contribution >= 4 is 17.7 Å². The second kappa shape index (κ2) is 7.11. The lowest BCUT2D eigenvalue weighted by Gasteiger charge is -2.34. The maximum absolute atomic E-state index is 12.1. The summed E-state index contributed by atoms with van der Waals surface area (Å²) >= 11 is 1.27. The van der Waals surface area contributed by atoms with Crippen molar-refractivity contribution in [1.82, 2.24) is 15.3 Å². The van der Waals surface area contributed by atoms with Crippen LogP contribution in [0.1, 0.15) is 38.8 Å². The van der Waals surface area contributed by atoms with Crippen LogP contribution in [0.15, 0.2) is 16.0 Å². The minimum absolute atomic E-state index is 0.00936. The van der Waals surface area contributed by atoms with Crippen molar-refractivity contribution in [2.24, 2.45) is 11.8 Å². The Morgan fingerprint density at radius 2 is 2.24 bits per heavy atom. The summed E-state index contributed by atoms with van der Waals surface area (Å²) in [6.07, 6.45) is 3.48. The first-order valence-electron chi connectivity index (χ1n) is 7.46. The van der Waals surface area contributed by atoms with Crippen LogP contribution in [0.5, 0.6) is 0 Å². The van der Waals surface area contributed by atoms with Crippen LogP contribution in [0.25, 0.3) is 0 Å². The van der Waals surface area contributed by atoms with E-state index in [4.69, 9.17) is 0 Å². The Balaban J connectivity index is 1.86. The number of carbonyl (C=O) groups is 1. The number of hydrogen-bond donors (Lipinski definition) is 2. The van der Waals surface area contributed by atoms with E-state index in [2.05, 4.69) is 29.1 Å². The molecule has 3 atom stereocenters. The minimum Gasteiger partial charge on any atom is -0.352 e. The molecule has 2 N–H and O–H groups in total. The van der Waals surface area contributed by atoms with E-state index in [9.17, 15) is 9.59 Å². The third kappa shape index (κ3) is 4.59. The van der Waals surface area contributed by atoms with Gasteiger partial charge in [-0.15, -0.1) is 0 Å². The van der Waals surface area contributed by atoms with Crippen molar-refractivity contribution in [3.05, 3.63) is 22.1 Å². The molecule has 1 saturated carbocycles. The average Bonchev–Trinajstić information content (AvgIpc) is 2.41. The van der Waals surface area contributed by atoms with Gasteiger partial charge in [-0.1, -0.05) is 38.5 Å². The van der Waals surface area contributed by atoms with Crippen molar-refractivity contribution in [1.29, 1.82) is 0 Å². The molecule has 116 valence electrons. The van der Waals surface area contributed by atoms with Gasteiger partial charge in [0.05, 0.1) is 5.75 Å². The van der Waals surface area contributed by atoms with Crippen LogP contribution in [0, 0.1) is 18.8 Å².